The van der Waals surface area contributed by atoms with Crippen molar-refractivity contribution in [2.75, 3.05) is 20.8 Å². The molecule has 0 spiro atoms. The van der Waals surface area contributed by atoms with Crippen LogP contribution in [0.4, 0.5) is 0 Å². The molecule has 3 aromatic rings. The minimum atomic E-state index is -1.52. The number of methoxy groups -OCH3 is 2. The van der Waals surface area contributed by atoms with E-state index in [1.807, 2.05) is 48.5 Å². The number of nitrogens with one attached hydrogen (secondary N) is 1. The predicted octanol–water partition coefficient (Wildman–Crippen LogP) is 3.64. The van der Waals surface area contributed by atoms with Crippen molar-refractivity contribution in [1.82, 2.24) is 5.32 Å². The van der Waals surface area contributed by atoms with E-state index in [4.69, 9.17) is 40.0 Å². The number of rotatable bonds is 11. The van der Waals surface area contributed by atoms with Crippen LogP contribution < -0.4 is 19.5 Å². The van der Waals surface area contributed by atoms with Crippen molar-refractivity contribution in [3.63, 3.8) is 0 Å². The molecule has 5 rings (SSSR count). The lowest BCUT2D eigenvalue weighted by molar-refractivity contribution is -0.331. The van der Waals surface area contributed by atoms with Gasteiger partial charge in [0.1, 0.15) is 28.0 Å². The molecule has 0 radical (unpaired) electrons. The van der Waals surface area contributed by atoms with Crippen LogP contribution in [0.5, 0.6) is 17.2 Å². The van der Waals surface area contributed by atoms with Crippen molar-refractivity contribution in [2.24, 2.45) is 0 Å². The third kappa shape index (κ3) is 7.73. The zero-order valence-corrected chi connectivity index (χ0v) is 28.5. The Morgan fingerprint density at radius 2 is 1.52 bits per heavy atom. The summed E-state index contributed by atoms with van der Waals surface area (Å²) in [7, 11) is 2.94. The fourth-order valence-corrected chi connectivity index (χ4v) is 6.76. The first-order chi connectivity index (χ1) is 22.1. The Bertz CT molecular complexity index is 1410. The minimum absolute atomic E-state index is 0.176. The van der Waals surface area contributed by atoms with Gasteiger partial charge in [-0.1, -0.05) is 76.7 Å². The largest absolute Gasteiger partial charge is 0.493 e. The molecule has 2 fully saturated rings. The Labute approximate surface area is 286 Å². The molecule has 2 aliphatic rings. The highest BCUT2D eigenvalue weighted by atomic mass is 127. The second-order valence-electron chi connectivity index (χ2n) is 11.3. The molecule has 9 atom stereocenters. The number of aliphatic hydroxyl groups excluding tert-OH is 4. The number of alkyl halides is 1. The van der Waals surface area contributed by atoms with Gasteiger partial charge in [-0.15, -0.1) is 0 Å². The first kappa shape index (κ1) is 35.1. The average molecular weight is 772 g/mol. The fourth-order valence-electron chi connectivity index (χ4n) is 5.58. The smallest absolute Gasteiger partial charge is 0.230 e. The zero-order valence-electron chi connectivity index (χ0n) is 25.6. The molecule has 2 heterocycles. The lowest BCUT2D eigenvalue weighted by atomic mass is 9.97. The molecule has 2 aliphatic heterocycles. The molecule has 0 amide bonds. The molecular weight excluding hydrogens is 733 g/mol. The molecule has 46 heavy (non-hydrogen) atoms. The van der Waals surface area contributed by atoms with E-state index in [0.717, 1.165) is 16.7 Å². The molecule has 0 aliphatic carbocycles. The van der Waals surface area contributed by atoms with Crippen molar-refractivity contribution >= 4 is 34.2 Å². The molecular formula is C33H39ClINO10. The Morgan fingerprint density at radius 3 is 2.11 bits per heavy atom. The molecule has 0 saturated carbocycles. The van der Waals surface area contributed by atoms with Crippen LogP contribution in [0.3, 0.4) is 0 Å². The Balaban J connectivity index is 1.31. The molecule has 0 aromatic heterocycles. The maximum atomic E-state index is 11.2. The van der Waals surface area contributed by atoms with Crippen molar-refractivity contribution in [3.05, 3.63) is 77.3 Å². The molecule has 11 nitrogen and oxygen atoms in total. The summed E-state index contributed by atoms with van der Waals surface area (Å²) in [6, 6.07) is 20.8. The van der Waals surface area contributed by atoms with Crippen molar-refractivity contribution < 1.29 is 48.8 Å². The Morgan fingerprint density at radius 1 is 0.913 bits per heavy atom. The number of ether oxygens (including phenoxy) is 6. The number of hydrogen-bond acceptors (Lipinski definition) is 11. The lowest BCUT2D eigenvalue weighted by Gasteiger charge is -2.47. The predicted molar refractivity (Wildman–Crippen MR) is 178 cm³/mol. The van der Waals surface area contributed by atoms with Crippen molar-refractivity contribution in [2.45, 2.75) is 72.6 Å². The zero-order chi connectivity index (χ0) is 33.0. The quantitative estimate of drug-likeness (QED) is 0.111. The number of benzene rings is 3. The Kier molecular flexibility index (Phi) is 11.7. The molecule has 13 heteroatoms. The monoisotopic (exact) mass is 771 g/mol. The first-order valence-electron chi connectivity index (χ1n) is 14.8. The summed E-state index contributed by atoms with van der Waals surface area (Å²) < 4.78 is 34.3. The highest BCUT2D eigenvalue weighted by Crippen LogP contribution is 2.41. The van der Waals surface area contributed by atoms with Gasteiger partial charge >= 0.3 is 0 Å². The van der Waals surface area contributed by atoms with E-state index in [1.54, 1.807) is 25.1 Å². The second-order valence-corrected chi connectivity index (χ2v) is 13.6. The van der Waals surface area contributed by atoms with E-state index in [1.165, 1.54) is 14.2 Å². The molecule has 5 N–H and O–H groups in total. The van der Waals surface area contributed by atoms with Crippen LogP contribution in [0.25, 0.3) is 11.1 Å². The van der Waals surface area contributed by atoms with Gasteiger partial charge in [-0.05, 0) is 47.9 Å². The van der Waals surface area contributed by atoms with Gasteiger partial charge < -0.3 is 48.8 Å². The molecule has 3 aromatic carbocycles. The van der Waals surface area contributed by atoms with Gasteiger partial charge in [0.15, 0.2) is 23.9 Å². The maximum Gasteiger partial charge on any atom is 0.230 e. The number of hydrogen-bond donors (Lipinski definition) is 5. The van der Waals surface area contributed by atoms with Crippen LogP contribution in [0.1, 0.15) is 18.9 Å². The van der Waals surface area contributed by atoms with Crippen LogP contribution >= 0.6 is 34.2 Å². The summed E-state index contributed by atoms with van der Waals surface area (Å²) in [5, 5.41) is 47.0. The summed E-state index contributed by atoms with van der Waals surface area (Å²) in [6.07, 6.45) is -9.02. The minimum Gasteiger partial charge on any atom is -0.493 e. The summed E-state index contributed by atoms with van der Waals surface area (Å²) in [5.41, 5.74) is 3.11. The Hall–Kier alpha value is -2.24. The topological polar surface area (TPSA) is 148 Å². The SMILES string of the molecule is COc1cccc(OC)c1OC1OC(CO)C(O)C(O)C1OC1CC(I)(NCc2ccc(-c3ccc(Cl)cc3)cc2)C(O)C(C)O1. The fraction of sp³-hybridized carbons (Fsp3) is 0.455. The highest BCUT2D eigenvalue weighted by molar-refractivity contribution is 14.1. The van der Waals surface area contributed by atoms with Gasteiger partial charge in [0.05, 0.1) is 26.9 Å². The maximum absolute atomic E-state index is 11.2. The molecule has 9 unspecified atom stereocenters. The second kappa shape index (κ2) is 15.3. The summed E-state index contributed by atoms with van der Waals surface area (Å²) >= 11 is 8.20. The summed E-state index contributed by atoms with van der Waals surface area (Å²) in [5.74, 6) is 0.863. The van der Waals surface area contributed by atoms with E-state index in [0.29, 0.717) is 23.1 Å². The van der Waals surface area contributed by atoms with E-state index in [-0.39, 0.29) is 12.2 Å². The molecule has 2 saturated heterocycles. The number of aliphatic hydroxyl groups is 4. The van der Waals surface area contributed by atoms with Gasteiger partial charge in [0, 0.05) is 18.0 Å². The van der Waals surface area contributed by atoms with Gasteiger partial charge in [0.2, 0.25) is 12.0 Å². The van der Waals surface area contributed by atoms with Crippen molar-refractivity contribution in [1.29, 1.82) is 0 Å². The van der Waals surface area contributed by atoms with Crippen molar-refractivity contribution in [3.8, 4) is 28.4 Å². The van der Waals surface area contributed by atoms with Crippen LogP contribution in [-0.4, -0.2) is 94.0 Å². The highest BCUT2D eigenvalue weighted by Gasteiger charge is 2.51. The number of para-hydroxylation sites is 1. The van der Waals surface area contributed by atoms with Gasteiger partial charge in [0.25, 0.3) is 0 Å². The van der Waals surface area contributed by atoms with E-state index in [9.17, 15) is 20.4 Å². The third-order valence-electron chi connectivity index (χ3n) is 8.21. The van der Waals surface area contributed by atoms with E-state index in [2.05, 4.69) is 27.9 Å². The van der Waals surface area contributed by atoms with Gasteiger partial charge in [-0.2, -0.15) is 0 Å². The first-order valence-corrected chi connectivity index (χ1v) is 16.3. The normalized spacial score (nSPS) is 31.3. The summed E-state index contributed by atoms with van der Waals surface area (Å²) in [6.45, 7) is 1.61. The van der Waals surface area contributed by atoms with Crippen LogP contribution in [0.2, 0.25) is 5.02 Å². The van der Waals surface area contributed by atoms with E-state index < -0.39 is 59.4 Å². The van der Waals surface area contributed by atoms with Crippen LogP contribution in [0, 0.1) is 0 Å². The van der Waals surface area contributed by atoms with Crippen LogP contribution in [-0.2, 0) is 20.8 Å². The average Bonchev–Trinajstić information content (AvgIpc) is 3.06. The number of halogens is 2. The molecule has 250 valence electrons. The molecule has 0 bridgehead atoms. The standard InChI is InChI=1S/C33H39ClINO10/c1-18-31(40)33(35,36-16-19-7-9-20(10-8-19)21-11-13-22(34)14-12-21)15-26(43-18)45-30-28(39)27(38)25(17-37)44-32(30)46-29-23(41-2)5-4-6-24(29)42-3/h4-14,18,25-28,30-32,36-40H,15-17H2,1-3H3. The third-order valence-corrected chi connectivity index (χ3v) is 9.92. The van der Waals surface area contributed by atoms with Gasteiger partial charge in [-0.25, -0.2) is 0 Å². The summed E-state index contributed by atoms with van der Waals surface area (Å²) in [4.78, 5) is 0. The van der Waals surface area contributed by atoms with Crippen LogP contribution in [0.15, 0.2) is 66.7 Å². The van der Waals surface area contributed by atoms with Gasteiger partial charge in [-0.3, -0.25) is 5.32 Å². The van der Waals surface area contributed by atoms with E-state index >= 15 is 0 Å². The lowest BCUT2D eigenvalue weighted by Crippen LogP contribution is -2.64.